The molecule has 0 aromatic heterocycles. The van der Waals surface area contributed by atoms with Crippen molar-refractivity contribution in [2.45, 2.75) is 25.9 Å². The summed E-state index contributed by atoms with van der Waals surface area (Å²) in [4.78, 5) is 2.23. The van der Waals surface area contributed by atoms with Crippen LogP contribution < -0.4 is 9.64 Å². The van der Waals surface area contributed by atoms with Crippen LogP contribution in [0.1, 0.15) is 13.8 Å². The molecule has 2 unspecified atom stereocenters. The Kier molecular flexibility index (Phi) is 3.49. The molecule has 3 rings (SSSR count). The van der Waals surface area contributed by atoms with Crippen LogP contribution in [0.3, 0.4) is 0 Å². The van der Waals surface area contributed by atoms with E-state index in [2.05, 4.69) is 40.6 Å². The number of likely N-dealkylation sites (N-methyl/N-ethyl adjacent to an activating group) is 2. The summed E-state index contributed by atoms with van der Waals surface area (Å²) in [7, 11) is 4.12. The van der Waals surface area contributed by atoms with Crippen LogP contribution in [0.2, 0.25) is 0 Å². The molecule has 0 amide bonds. The van der Waals surface area contributed by atoms with Gasteiger partial charge in [-0.2, -0.15) is 5.11 Å². The summed E-state index contributed by atoms with van der Waals surface area (Å²) < 4.78 is 7.90. The van der Waals surface area contributed by atoms with Crippen molar-refractivity contribution in [2.75, 3.05) is 25.6 Å². The van der Waals surface area contributed by atoms with Crippen LogP contribution in [-0.2, 0) is 0 Å². The van der Waals surface area contributed by atoms with Gasteiger partial charge in [-0.3, -0.25) is 0 Å². The van der Waals surface area contributed by atoms with Crippen LogP contribution in [0, 0.1) is 0 Å². The van der Waals surface area contributed by atoms with Crippen molar-refractivity contribution < 1.29 is 9.31 Å². The van der Waals surface area contributed by atoms with E-state index in [1.807, 2.05) is 37.5 Å². The lowest BCUT2D eigenvalue weighted by atomic mass is 10.2. The summed E-state index contributed by atoms with van der Waals surface area (Å²) in [5.74, 6) is 0.879. The zero-order valence-electron chi connectivity index (χ0n) is 12.9. The van der Waals surface area contributed by atoms with Crippen molar-refractivity contribution >= 4 is 17.6 Å². The first-order chi connectivity index (χ1) is 10.1. The van der Waals surface area contributed by atoms with Gasteiger partial charge in [0.25, 0.3) is 0 Å². The summed E-state index contributed by atoms with van der Waals surface area (Å²) >= 11 is 0. The minimum Gasteiger partial charge on any atom is -0.489 e. The molecule has 2 aliphatic rings. The van der Waals surface area contributed by atoms with E-state index in [4.69, 9.17) is 4.74 Å². The van der Waals surface area contributed by atoms with Crippen molar-refractivity contribution in [3.8, 4) is 5.75 Å². The minimum atomic E-state index is 0.273. The molecule has 5 nitrogen and oxygen atoms in total. The Bertz CT molecular complexity index is 648. The number of anilines is 1. The van der Waals surface area contributed by atoms with Crippen molar-refractivity contribution in [1.29, 1.82) is 0 Å². The van der Waals surface area contributed by atoms with E-state index in [-0.39, 0.29) is 6.04 Å². The molecule has 0 saturated heterocycles. The molecular weight excluding hydrogens is 264 g/mol. The van der Waals surface area contributed by atoms with Gasteiger partial charge in [0.2, 0.25) is 0 Å². The van der Waals surface area contributed by atoms with Gasteiger partial charge in [0.1, 0.15) is 25.1 Å². The standard InChI is InChI=1S/C16H21N4O/c1-11-10-21-16-9-13(5-6-15(16)20(11)4)17-18-14-7-8-19(3)12(14)2/h5-9,11-12H,10H2,1-4H3/q+1. The molecular formula is C16H21N4O+. The Balaban J connectivity index is 1.79. The van der Waals surface area contributed by atoms with E-state index in [0.717, 1.165) is 22.8 Å². The molecule has 2 heterocycles. The van der Waals surface area contributed by atoms with Crippen LogP contribution in [0.4, 0.5) is 11.4 Å². The third-order valence-corrected chi connectivity index (χ3v) is 4.26. The number of azo groups is 1. The number of fused-ring (bicyclic) bond motifs is 1. The highest BCUT2D eigenvalue weighted by molar-refractivity contribution is 5.70. The zero-order valence-corrected chi connectivity index (χ0v) is 12.9. The predicted octanol–water partition coefficient (Wildman–Crippen LogP) is 2.99. The first kappa shape index (κ1) is 13.8. The summed E-state index contributed by atoms with van der Waals surface area (Å²) in [5, 5.41) is 8.69. The van der Waals surface area contributed by atoms with Crippen LogP contribution in [0.15, 0.2) is 40.2 Å². The topological polar surface area (TPSA) is 40.2 Å². The maximum Gasteiger partial charge on any atom is 0.193 e. The van der Waals surface area contributed by atoms with E-state index < -0.39 is 0 Å². The zero-order chi connectivity index (χ0) is 15.0. The number of hydrogen-bond acceptors (Lipinski definition) is 4. The van der Waals surface area contributed by atoms with Gasteiger partial charge in [-0.15, -0.1) is 5.11 Å². The van der Waals surface area contributed by atoms with Gasteiger partial charge in [-0.1, -0.05) is 0 Å². The monoisotopic (exact) mass is 285 g/mol. The SMILES string of the molecule is CC1COc2cc(N=NC3=CC=[N+](C)C3C)ccc2N1C. The number of benzene rings is 1. The summed E-state index contributed by atoms with van der Waals surface area (Å²) in [6.45, 7) is 4.96. The third kappa shape index (κ3) is 2.55. The van der Waals surface area contributed by atoms with Gasteiger partial charge >= 0.3 is 0 Å². The van der Waals surface area contributed by atoms with Gasteiger partial charge in [0.15, 0.2) is 12.3 Å². The Morgan fingerprint density at radius 2 is 2.10 bits per heavy atom. The summed E-state index contributed by atoms with van der Waals surface area (Å²) in [6.07, 6.45) is 4.02. The molecule has 2 atom stereocenters. The van der Waals surface area contributed by atoms with E-state index in [0.29, 0.717) is 12.6 Å². The molecule has 0 bridgehead atoms. The fourth-order valence-corrected chi connectivity index (χ4v) is 2.43. The van der Waals surface area contributed by atoms with Crippen LogP contribution in [-0.4, -0.2) is 43.6 Å². The lowest BCUT2D eigenvalue weighted by Gasteiger charge is -2.33. The maximum absolute atomic E-state index is 5.78. The Morgan fingerprint density at radius 3 is 2.81 bits per heavy atom. The Labute approximate surface area is 125 Å². The molecule has 2 aliphatic heterocycles. The van der Waals surface area contributed by atoms with E-state index in [9.17, 15) is 0 Å². The molecule has 110 valence electrons. The number of rotatable bonds is 2. The highest BCUT2D eigenvalue weighted by Crippen LogP contribution is 2.36. The lowest BCUT2D eigenvalue weighted by molar-refractivity contribution is -0.515. The van der Waals surface area contributed by atoms with E-state index in [1.54, 1.807) is 0 Å². The second-order valence-corrected chi connectivity index (χ2v) is 5.71. The quantitative estimate of drug-likeness (QED) is 0.619. The van der Waals surface area contributed by atoms with E-state index in [1.165, 1.54) is 0 Å². The average molecular weight is 285 g/mol. The van der Waals surface area contributed by atoms with Crippen LogP contribution in [0.5, 0.6) is 5.75 Å². The number of hydrogen-bond donors (Lipinski definition) is 0. The van der Waals surface area contributed by atoms with Gasteiger partial charge in [-0.05, 0) is 19.1 Å². The van der Waals surface area contributed by atoms with E-state index >= 15 is 0 Å². The van der Waals surface area contributed by atoms with Crippen molar-refractivity contribution in [3.05, 3.63) is 30.0 Å². The largest absolute Gasteiger partial charge is 0.489 e. The van der Waals surface area contributed by atoms with Crippen molar-refractivity contribution in [3.63, 3.8) is 0 Å². The average Bonchev–Trinajstić information content (AvgIpc) is 2.80. The first-order valence-electron chi connectivity index (χ1n) is 7.24. The van der Waals surface area contributed by atoms with Crippen LogP contribution in [0.25, 0.3) is 0 Å². The molecule has 0 spiro atoms. The molecule has 1 aromatic carbocycles. The molecule has 5 heteroatoms. The number of nitrogens with zero attached hydrogens (tertiary/aromatic N) is 4. The normalized spacial score (nSPS) is 24.7. The molecule has 0 N–H and O–H groups in total. The second kappa shape index (κ2) is 5.31. The fourth-order valence-electron chi connectivity index (χ4n) is 2.43. The fraction of sp³-hybridized carbons (Fsp3) is 0.438. The second-order valence-electron chi connectivity index (χ2n) is 5.71. The van der Waals surface area contributed by atoms with Gasteiger partial charge < -0.3 is 9.64 Å². The molecule has 1 aromatic rings. The predicted molar refractivity (Wildman–Crippen MR) is 84.1 cm³/mol. The smallest absolute Gasteiger partial charge is 0.193 e. The first-order valence-corrected chi connectivity index (χ1v) is 7.24. The summed E-state index contributed by atoms with van der Waals surface area (Å²) in [5.41, 5.74) is 2.90. The van der Waals surface area contributed by atoms with Crippen LogP contribution >= 0.6 is 0 Å². The molecule has 0 aliphatic carbocycles. The van der Waals surface area contributed by atoms with Gasteiger partial charge in [0.05, 0.1) is 17.4 Å². The van der Waals surface area contributed by atoms with Crippen molar-refractivity contribution in [2.24, 2.45) is 10.2 Å². The Morgan fingerprint density at radius 1 is 1.29 bits per heavy atom. The third-order valence-electron chi connectivity index (χ3n) is 4.26. The highest BCUT2D eigenvalue weighted by Gasteiger charge is 2.22. The number of allylic oxidation sites excluding steroid dienone is 1. The molecule has 0 fully saturated rings. The van der Waals surface area contributed by atoms with Gasteiger partial charge in [0, 0.05) is 26.1 Å². The molecule has 0 saturated carbocycles. The molecule has 21 heavy (non-hydrogen) atoms. The maximum atomic E-state index is 5.78. The molecule has 0 radical (unpaired) electrons. The summed E-state index contributed by atoms with van der Waals surface area (Å²) in [6, 6.07) is 6.64. The highest BCUT2D eigenvalue weighted by atomic mass is 16.5. The van der Waals surface area contributed by atoms with Gasteiger partial charge in [-0.25, -0.2) is 4.58 Å². The number of ether oxygens (including phenoxy) is 1. The lowest BCUT2D eigenvalue weighted by Crippen LogP contribution is -2.37. The Hall–Kier alpha value is -2.17. The minimum absolute atomic E-state index is 0.273. The van der Waals surface area contributed by atoms with Crippen molar-refractivity contribution in [1.82, 2.24) is 0 Å².